The highest BCUT2D eigenvalue weighted by molar-refractivity contribution is 4.76. The standard InChI is InChI=1S/C15H32/c1-7-13(8-2)12(6)15(11-5)14(9-3)10-4/h12-15H,7-11H2,1-6H3. The predicted octanol–water partition coefficient (Wildman–Crippen LogP) is 5.52. The minimum atomic E-state index is 0.912. The maximum atomic E-state index is 2.49. The fraction of sp³-hybridized carbons (Fsp3) is 1.00. The first-order chi connectivity index (χ1) is 7.15. The molecule has 0 saturated heterocycles. The van der Waals surface area contributed by atoms with Crippen LogP contribution in [0.3, 0.4) is 0 Å². The Morgan fingerprint density at radius 1 is 0.600 bits per heavy atom. The lowest BCUT2D eigenvalue weighted by atomic mass is 9.71. The zero-order valence-electron chi connectivity index (χ0n) is 11.8. The Bertz CT molecular complexity index is 131. The normalized spacial score (nSPS) is 16.0. The molecule has 0 N–H and O–H groups in total. The molecule has 2 atom stereocenters. The van der Waals surface area contributed by atoms with Crippen molar-refractivity contribution in [2.24, 2.45) is 23.7 Å². The van der Waals surface area contributed by atoms with E-state index in [0.717, 1.165) is 23.7 Å². The first-order valence-corrected chi connectivity index (χ1v) is 7.15. The molecule has 0 amide bonds. The summed E-state index contributed by atoms with van der Waals surface area (Å²) >= 11 is 0. The van der Waals surface area contributed by atoms with Crippen molar-refractivity contribution < 1.29 is 0 Å². The molecule has 2 unspecified atom stereocenters. The molecule has 0 heteroatoms. The van der Waals surface area contributed by atoms with Gasteiger partial charge in [-0.2, -0.15) is 0 Å². The van der Waals surface area contributed by atoms with Crippen LogP contribution in [0.15, 0.2) is 0 Å². The van der Waals surface area contributed by atoms with Crippen LogP contribution in [0.25, 0.3) is 0 Å². The molecule has 0 aliphatic heterocycles. The van der Waals surface area contributed by atoms with Crippen LogP contribution < -0.4 is 0 Å². The van der Waals surface area contributed by atoms with Gasteiger partial charge in [-0.3, -0.25) is 0 Å². The lowest BCUT2D eigenvalue weighted by Crippen LogP contribution is -2.26. The van der Waals surface area contributed by atoms with Crippen LogP contribution in [0.2, 0.25) is 0 Å². The maximum Gasteiger partial charge on any atom is -0.0360 e. The summed E-state index contributed by atoms with van der Waals surface area (Å²) in [4.78, 5) is 0. The summed E-state index contributed by atoms with van der Waals surface area (Å²) in [5, 5.41) is 0. The number of hydrogen-bond acceptors (Lipinski definition) is 0. The van der Waals surface area contributed by atoms with E-state index in [-0.39, 0.29) is 0 Å². The maximum absolute atomic E-state index is 2.49. The quantitative estimate of drug-likeness (QED) is 0.497. The van der Waals surface area contributed by atoms with Crippen molar-refractivity contribution in [3.8, 4) is 0 Å². The van der Waals surface area contributed by atoms with Crippen molar-refractivity contribution in [1.29, 1.82) is 0 Å². The van der Waals surface area contributed by atoms with E-state index in [1.807, 2.05) is 0 Å². The minimum absolute atomic E-state index is 0.912. The number of rotatable bonds is 8. The van der Waals surface area contributed by atoms with E-state index in [9.17, 15) is 0 Å². The molecule has 0 bridgehead atoms. The highest BCUT2D eigenvalue weighted by atomic mass is 14.3. The third-order valence-electron chi connectivity index (χ3n) is 4.59. The molecule has 0 radical (unpaired) electrons. The summed E-state index contributed by atoms with van der Waals surface area (Å²) in [5.41, 5.74) is 0. The second-order valence-corrected chi connectivity index (χ2v) is 5.08. The van der Waals surface area contributed by atoms with Gasteiger partial charge in [-0.25, -0.2) is 0 Å². The largest absolute Gasteiger partial charge is 0.0651 e. The topological polar surface area (TPSA) is 0 Å². The van der Waals surface area contributed by atoms with Gasteiger partial charge in [0.2, 0.25) is 0 Å². The molecular formula is C15H32. The van der Waals surface area contributed by atoms with Gasteiger partial charge in [0.1, 0.15) is 0 Å². The molecule has 0 aromatic rings. The van der Waals surface area contributed by atoms with Crippen LogP contribution in [0, 0.1) is 23.7 Å². The molecule has 0 spiro atoms. The van der Waals surface area contributed by atoms with Crippen molar-refractivity contribution >= 4 is 0 Å². The Balaban J connectivity index is 4.48. The van der Waals surface area contributed by atoms with Crippen molar-refractivity contribution in [2.75, 3.05) is 0 Å². The zero-order valence-corrected chi connectivity index (χ0v) is 11.8. The Morgan fingerprint density at radius 2 is 1.00 bits per heavy atom. The number of hydrogen-bond donors (Lipinski definition) is 0. The Kier molecular flexibility index (Phi) is 8.19. The Hall–Kier alpha value is 0. The van der Waals surface area contributed by atoms with Crippen molar-refractivity contribution in [3.05, 3.63) is 0 Å². The van der Waals surface area contributed by atoms with Gasteiger partial charge in [0.25, 0.3) is 0 Å². The summed E-state index contributed by atoms with van der Waals surface area (Å²) in [6.45, 7) is 14.3. The van der Waals surface area contributed by atoms with Crippen molar-refractivity contribution in [1.82, 2.24) is 0 Å². The van der Waals surface area contributed by atoms with Gasteiger partial charge < -0.3 is 0 Å². The summed E-state index contributed by atoms with van der Waals surface area (Å²) in [6, 6.07) is 0. The summed E-state index contributed by atoms with van der Waals surface area (Å²) < 4.78 is 0. The van der Waals surface area contributed by atoms with E-state index in [1.54, 1.807) is 0 Å². The molecule has 0 rings (SSSR count). The fourth-order valence-electron chi connectivity index (χ4n) is 3.41. The Labute approximate surface area is 97.8 Å². The highest BCUT2D eigenvalue weighted by Crippen LogP contribution is 2.35. The third kappa shape index (κ3) is 4.17. The molecule has 0 aliphatic rings. The van der Waals surface area contributed by atoms with Gasteiger partial charge in [-0.15, -0.1) is 0 Å². The second-order valence-electron chi connectivity index (χ2n) is 5.08. The lowest BCUT2D eigenvalue weighted by Gasteiger charge is -2.34. The molecule has 0 aromatic carbocycles. The van der Waals surface area contributed by atoms with E-state index in [2.05, 4.69) is 41.5 Å². The Morgan fingerprint density at radius 3 is 1.27 bits per heavy atom. The van der Waals surface area contributed by atoms with E-state index in [1.165, 1.54) is 32.1 Å². The molecule has 0 aliphatic carbocycles. The van der Waals surface area contributed by atoms with Crippen LogP contribution >= 0.6 is 0 Å². The van der Waals surface area contributed by atoms with Crippen molar-refractivity contribution in [3.63, 3.8) is 0 Å². The van der Waals surface area contributed by atoms with Gasteiger partial charge >= 0.3 is 0 Å². The molecule has 0 nitrogen and oxygen atoms in total. The van der Waals surface area contributed by atoms with E-state index < -0.39 is 0 Å². The van der Waals surface area contributed by atoms with Crippen LogP contribution in [-0.2, 0) is 0 Å². The molecule has 15 heavy (non-hydrogen) atoms. The minimum Gasteiger partial charge on any atom is -0.0651 e. The van der Waals surface area contributed by atoms with Crippen LogP contribution in [0.4, 0.5) is 0 Å². The lowest BCUT2D eigenvalue weighted by molar-refractivity contribution is 0.154. The van der Waals surface area contributed by atoms with Gasteiger partial charge in [0.15, 0.2) is 0 Å². The molecule has 0 heterocycles. The zero-order chi connectivity index (χ0) is 11.8. The second kappa shape index (κ2) is 8.19. The molecule has 92 valence electrons. The van der Waals surface area contributed by atoms with E-state index in [0.29, 0.717) is 0 Å². The average Bonchev–Trinajstić information content (AvgIpc) is 2.27. The van der Waals surface area contributed by atoms with Gasteiger partial charge in [-0.1, -0.05) is 73.6 Å². The fourth-order valence-corrected chi connectivity index (χ4v) is 3.41. The van der Waals surface area contributed by atoms with Crippen LogP contribution in [0.1, 0.15) is 73.6 Å². The average molecular weight is 212 g/mol. The molecule has 0 fully saturated rings. The van der Waals surface area contributed by atoms with E-state index >= 15 is 0 Å². The SMILES string of the molecule is CCC(CC)C(C)C(CC)C(CC)CC. The smallest absolute Gasteiger partial charge is 0.0360 e. The summed E-state index contributed by atoms with van der Waals surface area (Å²) in [6.07, 6.45) is 6.80. The highest BCUT2D eigenvalue weighted by Gasteiger charge is 2.27. The summed E-state index contributed by atoms with van der Waals surface area (Å²) in [5.74, 6) is 3.75. The van der Waals surface area contributed by atoms with Gasteiger partial charge in [0, 0.05) is 0 Å². The van der Waals surface area contributed by atoms with Gasteiger partial charge in [-0.05, 0) is 23.7 Å². The van der Waals surface area contributed by atoms with Crippen LogP contribution in [-0.4, -0.2) is 0 Å². The summed E-state index contributed by atoms with van der Waals surface area (Å²) in [7, 11) is 0. The van der Waals surface area contributed by atoms with Crippen LogP contribution in [0.5, 0.6) is 0 Å². The third-order valence-corrected chi connectivity index (χ3v) is 4.59. The predicted molar refractivity (Wildman–Crippen MR) is 71.1 cm³/mol. The van der Waals surface area contributed by atoms with Gasteiger partial charge in [0.05, 0.1) is 0 Å². The first kappa shape index (κ1) is 15.0. The van der Waals surface area contributed by atoms with E-state index in [4.69, 9.17) is 0 Å². The molecular weight excluding hydrogens is 180 g/mol. The molecule has 0 saturated carbocycles. The van der Waals surface area contributed by atoms with Crippen molar-refractivity contribution in [2.45, 2.75) is 73.6 Å². The first-order valence-electron chi connectivity index (χ1n) is 7.15. The molecule has 0 aromatic heterocycles. The monoisotopic (exact) mass is 212 g/mol.